The molecule has 0 aliphatic heterocycles. The Morgan fingerprint density at radius 3 is 2.59 bits per heavy atom. The molecule has 0 radical (unpaired) electrons. The Bertz CT molecular complexity index is 411. The van der Waals surface area contributed by atoms with E-state index in [9.17, 15) is 4.79 Å². The molecule has 94 valence electrons. The minimum atomic E-state index is -0.387. The zero-order valence-corrected chi connectivity index (χ0v) is 11.0. The van der Waals surface area contributed by atoms with Crippen LogP contribution in [0.25, 0.3) is 0 Å². The van der Waals surface area contributed by atoms with Gasteiger partial charge in [-0.2, -0.15) is 0 Å². The van der Waals surface area contributed by atoms with Crippen molar-refractivity contribution in [1.29, 1.82) is 0 Å². The number of rotatable bonds is 4. The minimum Gasteiger partial charge on any atom is -0.396 e. The molecule has 1 rings (SSSR count). The topological polar surface area (TPSA) is 49.3 Å². The van der Waals surface area contributed by atoms with Crippen LogP contribution in [0.2, 0.25) is 0 Å². The van der Waals surface area contributed by atoms with Gasteiger partial charge >= 0.3 is 0 Å². The molecule has 0 aliphatic rings. The molecule has 0 saturated carbocycles. The summed E-state index contributed by atoms with van der Waals surface area (Å²) in [7, 11) is 0. The third-order valence-electron chi connectivity index (χ3n) is 2.83. The second kappa shape index (κ2) is 5.32. The molecule has 1 aromatic carbocycles. The smallest absolute Gasteiger partial charge is 0.251 e. The number of carbonyl (C=O) groups excluding carboxylic acids is 1. The number of benzene rings is 1. The summed E-state index contributed by atoms with van der Waals surface area (Å²) in [5.41, 5.74) is 2.35. The van der Waals surface area contributed by atoms with Gasteiger partial charge in [-0.15, -0.1) is 0 Å². The van der Waals surface area contributed by atoms with Gasteiger partial charge in [0.1, 0.15) is 0 Å². The molecule has 0 aliphatic carbocycles. The molecule has 0 saturated heterocycles. The fourth-order valence-electron chi connectivity index (χ4n) is 1.70. The molecular weight excluding hydrogens is 214 g/mol. The van der Waals surface area contributed by atoms with Gasteiger partial charge < -0.3 is 10.4 Å². The average molecular weight is 235 g/mol. The maximum Gasteiger partial charge on any atom is 0.251 e. The Morgan fingerprint density at radius 1 is 1.35 bits per heavy atom. The first-order valence-corrected chi connectivity index (χ1v) is 5.86. The van der Waals surface area contributed by atoms with E-state index in [4.69, 9.17) is 5.11 Å². The Labute approximate surface area is 103 Å². The highest BCUT2D eigenvalue weighted by Gasteiger charge is 2.21. The third kappa shape index (κ3) is 3.86. The first-order valence-electron chi connectivity index (χ1n) is 5.86. The second-order valence-corrected chi connectivity index (χ2v) is 5.13. The molecule has 17 heavy (non-hydrogen) atoms. The van der Waals surface area contributed by atoms with E-state index in [2.05, 4.69) is 5.32 Å². The Kier molecular flexibility index (Phi) is 4.29. The molecule has 0 heterocycles. The third-order valence-corrected chi connectivity index (χ3v) is 2.83. The standard InChI is InChI=1S/C14H21NO2/c1-10-5-6-11(2)12(9-10)13(17)15-14(3,4)7-8-16/h5-6,9,16H,7-8H2,1-4H3,(H,15,17). The molecule has 3 heteroatoms. The van der Waals surface area contributed by atoms with Crippen molar-refractivity contribution in [2.24, 2.45) is 0 Å². The molecule has 3 nitrogen and oxygen atoms in total. The van der Waals surface area contributed by atoms with E-state index in [-0.39, 0.29) is 18.1 Å². The lowest BCUT2D eigenvalue weighted by Gasteiger charge is -2.25. The van der Waals surface area contributed by atoms with Gasteiger partial charge in [-0.1, -0.05) is 17.7 Å². The van der Waals surface area contributed by atoms with Gasteiger partial charge in [-0.3, -0.25) is 4.79 Å². The first kappa shape index (κ1) is 13.7. The normalized spacial score (nSPS) is 11.4. The highest BCUT2D eigenvalue weighted by atomic mass is 16.3. The molecule has 0 unspecified atom stereocenters. The summed E-state index contributed by atoms with van der Waals surface area (Å²) >= 11 is 0. The second-order valence-electron chi connectivity index (χ2n) is 5.13. The maximum atomic E-state index is 12.1. The first-order chi connectivity index (χ1) is 7.85. The molecule has 2 N–H and O–H groups in total. The number of hydrogen-bond donors (Lipinski definition) is 2. The number of amides is 1. The summed E-state index contributed by atoms with van der Waals surface area (Å²) in [6, 6.07) is 5.83. The molecule has 0 spiro atoms. The SMILES string of the molecule is Cc1ccc(C)c(C(=O)NC(C)(C)CCO)c1. The Morgan fingerprint density at radius 2 is 2.00 bits per heavy atom. The van der Waals surface area contributed by atoms with Crippen molar-refractivity contribution in [3.63, 3.8) is 0 Å². The van der Waals surface area contributed by atoms with Crippen molar-refractivity contribution in [3.05, 3.63) is 34.9 Å². The van der Waals surface area contributed by atoms with Gasteiger partial charge in [0, 0.05) is 17.7 Å². The van der Waals surface area contributed by atoms with Crippen LogP contribution in [0.15, 0.2) is 18.2 Å². The number of aryl methyl sites for hydroxylation is 2. The highest BCUT2D eigenvalue weighted by molar-refractivity contribution is 5.96. The van der Waals surface area contributed by atoms with E-state index in [1.807, 2.05) is 45.9 Å². The van der Waals surface area contributed by atoms with Crippen molar-refractivity contribution in [3.8, 4) is 0 Å². The zero-order chi connectivity index (χ0) is 13.1. The minimum absolute atomic E-state index is 0.0695. The van der Waals surface area contributed by atoms with Crippen LogP contribution in [0, 0.1) is 13.8 Å². The summed E-state index contributed by atoms with van der Waals surface area (Å²) in [5.74, 6) is -0.0790. The van der Waals surface area contributed by atoms with Crippen LogP contribution in [-0.4, -0.2) is 23.2 Å². The average Bonchev–Trinajstić information content (AvgIpc) is 2.20. The monoisotopic (exact) mass is 235 g/mol. The van der Waals surface area contributed by atoms with Crippen LogP contribution in [0.4, 0.5) is 0 Å². The fraction of sp³-hybridized carbons (Fsp3) is 0.500. The van der Waals surface area contributed by atoms with Crippen LogP contribution < -0.4 is 5.32 Å². The van der Waals surface area contributed by atoms with E-state index < -0.39 is 0 Å². The van der Waals surface area contributed by atoms with Gasteiger partial charge in [0.2, 0.25) is 0 Å². The summed E-state index contributed by atoms with van der Waals surface area (Å²) < 4.78 is 0. The van der Waals surface area contributed by atoms with Crippen molar-refractivity contribution in [2.75, 3.05) is 6.61 Å². The van der Waals surface area contributed by atoms with Crippen molar-refractivity contribution in [2.45, 2.75) is 39.7 Å². The van der Waals surface area contributed by atoms with Gasteiger partial charge in [-0.05, 0) is 45.7 Å². The number of carbonyl (C=O) groups is 1. The van der Waals surface area contributed by atoms with E-state index in [0.29, 0.717) is 12.0 Å². The number of aliphatic hydroxyl groups excluding tert-OH is 1. The highest BCUT2D eigenvalue weighted by Crippen LogP contribution is 2.14. The van der Waals surface area contributed by atoms with Crippen LogP contribution in [-0.2, 0) is 0 Å². The van der Waals surface area contributed by atoms with Crippen molar-refractivity contribution in [1.82, 2.24) is 5.32 Å². The molecule has 1 aromatic rings. The molecule has 0 fully saturated rings. The van der Waals surface area contributed by atoms with Crippen LogP contribution in [0.5, 0.6) is 0 Å². The summed E-state index contributed by atoms with van der Waals surface area (Å²) in [5, 5.41) is 11.9. The van der Waals surface area contributed by atoms with Gasteiger partial charge in [0.15, 0.2) is 0 Å². The predicted octanol–water partition coefficient (Wildman–Crippen LogP) is 2.19. The molecule has 0 atom stereocenters. The van der Waals surface area contributed by atoms with Crippen LogP contribution in [0.3, 0.4) is 0 Å². The summed E-state index contributed by atoms with van der Waals surface area (Å²) in [4.78, 5) is 12.1. The lowest BCUT2D eigenvalue weighted by molar-refractivity contribution is 0.0899. The quantitative estimate of drug-likeness (QED) is 0.840. The molecule has 0 bridgehead atoms. The molecule has 1 amide bonds. The lowest BCUT2D eigenvalue weighted by atomic mass is 9.99. The van der Waals surface area contributed by atoms with E-state index in [1.54, 1.807) is 0 Å². The molecule has 0 aromatic heterocycles. The number of hydrogen-bond acceptors (Lipinski definition) is 2. The van der Waals surface area contributed by atoms with Crippen molar-refractivity contribution < 1.29 is 9.90 Å². The maximum absolute atomic E-state index is 12.1. The Balaban J connectivity index is 2.86. The van der Waals surface area contributed by atoms with Gasteiger partial charge in [0.25, 0.3) is 5.91 Å². The van der Waals surface area contributed by atoms with Crippen LogP contribution in [0.1, 0.15) is 41.8 Å². The summed E-state index contributed by atoms with van der Waals surface area (Å²) in [6.45, 7) is 7.78. The molecular formula is C14H21NO2. The lowest BCUT2D eigenvalue weighted by Crippen LogP contribution is -2.44. The van der Waals surface area contributed by atoms with Gasteiger partial charge in [-0.25, -0.2) is 0 Å². The summed E-state index contributed by atoms with van der Waals surface area (Å²) in [6.07, 6.45) is 0.545. The Hall–Kier alpha value is -1.35. The zero-order valence-electron chi connectivity index (χ0n) is 11.0. The van der Waals surface area contributed by atoms with E-state index in [1.165, 1.54) is 0 Å². The fourth-order valence-corrected chi connectivity index (χ4v) is 1.70. The number of aliphatic hydroxyl groups is 1. The van der Waals surface area contributed by atoms with Crippen LogP contribution >= 0.6 is 0 Å². The predicted molar refractivity (Wildman–Crippen MR) is 69.2 cm³/mol. The van der Waals surface area contributed by atoms with E-state index >= 15 is 0 Å². The van der Waals surface area contributed by atoms with Gasteiger partial charge in [0.05, 0.1) is 0 Å². The largest absolute Gasteiger partial charge is 0.396 e. The van der Waals surface area contributed by atoms with E-state index in [0.717, 1.165) is 11.1 Å². The number of nitrogens with one attached hydrogen (secondary N) is 1. The van der Waals surface area contributed by atoms with Crippen molar-refractivity contribution >= 4 is 5.91 Å².